The van der Waals surface area contributed by atoms with Gasteiger partial charge in [0.25, 0.3) is 0 Å². The van der Waals surface area contributed by atoms with Crippen LogP contribution in [0.5, 0.6) is 0 Å². The SMILES string of the molecule is C=C(C)C(=O)OCCOC(=O)C1=C(C)OC(N)=C(C#N)C1c1ccc(Br)cc1. The quantitative estimate of drug-likeness (QED) is 0.405. The van der Waals surface area contributed by atoms with Gasteiger partial charge in [-0.25, -0.2) is 9.59 Å². The maximum absolute atomic E-state index is 12.7. The van der Waals surface area contributed by atoms with Crippen molar-refractivity contribution in [2.24, 2.45) is 5.73 Å². The number of benzene rings is 1. The molecule has 2 N–H and O–H groups in total. The van der Waals surface area contributed by atoms with Crippen LogP contribution in [-0.4, -0.2) is 25.2 Å². The minimum Gasteiger partial charge on any atom is -0.459 e. The number of carbonyl (C=O) groups excluding carboxylic acids is 2. The van der Waals surface area contributed by atoms with E-state index in [0.29, 0.717) is 5.56 Å². The Labute approximate surface area is 171 Å². The average molecular weight is 447 g/mol. The van der Waals surface area contributed by atoms with Crippen molar-refractivity contribution in [1.82, 2.24) is 0 Å². The molecule has 0 saturated heterocycles. The number of nitrogens with zero attached hydrogens (tertiary/aromatic N) is 1. The van der Waals surface area contributed by atoms with Crippen LogP contribution in [0.2, 0.25) is 0 Å². The molecule has 1 unspecified atom stereocenters. The topological polar surface area (TPSA) is 112 Å². The van der Waals surface area contributed by atoms with Gasteiger partial charge in [-0.2, -0.15) is 5.26 Å². The standard InChI is InChI=1S/C20H19BrN2O5/c1-11(2)19(24)26-8-9-27-20(25)16-12(3)28-18(23)15(10-22)17(16)13-4-6-14(21)7-5-13/h4-7,17H,1,8-9,23H2,2-3H3. The highest BCUT2D eigenvalue weighted by molar-refractivity contribution is 9.10. The van der Waals surface area contributed by atoms with Crippen LogP contribution < -0.4 is 5.73 Å². The number of carbonyl (C=O) groups is 2. The molecular formula is C20H19BrN2O5. The van der Waals surface area contributed by atoms with Crippen molar-refractivity contribution >= 4 is 27.9 Å². The molecule has 0 spiro atoms. The Bertz CT molecular complexity index is 910. The third-order valence-electron chi connectivity index (χ3n) is 3.93. The summed E-state index contributed by atoms with van der Waals surface area (Å²) in [5.41, 5.74) is 7.08. The summed E-state index contributed by atoms with van der Waals surface area (Å²) in [5.74, 6) is -1.79. The molecule has 0 radical (unpaired) electrons. The highest BCUT2D eigenvalue weighted by atomic mass is 79.9. The largest absolute Gasteiger partial charge is 0.459 e. The van der Waals surface area contributed by atoms with Crippen molar-refractivity contribution in [2.75, 3.05) is 13.2 Å². The predicted octanol–water partition coefficient (Wildman–Crippen LogP) is 3.19. The maximum Gasteiger partial charge on any atom is 0.338 e. The number of nitrogens with two attached hydrogens (primary N) is 1. The van der Waals surface area contributed by atoms with Crippen LogP contribution in [0.4, 0.5) is 0 Å². The van der Waals surface area contributed by atoms with E-state index in [-0.39, 0.29) is 41.6 Å². The Balaban J connectivity index is 2.24. The Morgan fingerprint density at radius 1 is 1.29 bits per heavy atom. The van der Waals surface area contributed by atoms with Gasteiger partial charge in [-0.05, 0) is 31.5 Å². The second-order valence-electron chi connectivity index (χ2n) is 6.00. The maximum atomic E-state index is 12.7. The number of esters is 2. The molecular weight excluding hydrogens is 428 g/mol. The van der Waals surface area contributed by atoms with Crippen LogP contribution in [0, 0.1) is 11.3 Å². The van der Waals surface area contributed by atoms with Crippen molar-refractivity contribution < 1.29 is 23.8 Å². The van der Waals surface area contributed by atoms with E-state index in [1.165, 1.54) is 6.92 Å². The van der Waals surface area contributed by atoms with Crippen molar-refractivity contribution in [3.8, 4) is 6.07 Å². The first kappa shape index (κ1) is 21.3. The molecule has 1 aromatic carbocycles. The molecule has 0 fully saturated rings. The number of hydrogen-bond acceptors (Lipinski definition) is 7. The first-order chi connectivity index (χ1) is 13.3. The fourth-order valence-corrected chi connectivity index (χ4v) is 2.87. The van der Waals surface area contributed by atoms with E-state index in [9.17, 15) is 14.9 Å². The van der Waals surface area contributed by atoms with E-state index in [4.69, 9.17) is 19.9 Å². The van der Waals surface area contributed by atoms with E-state index in [0.717, 1.165) is 4.47 Å². The van der Waals surface area contributed by atoms with Gasteiger partial charge in [0.15, 0.2) is 0 Å². The molecule has 0 aliphatic carbocycles. The van der Waals surface area contributed by atoms with Crippen molar-refractivity contribution in [1.29, 1.82) is 5.26 Å². The van der Waals surface area contributed by atoms with Gasteiger partial charge in [-0.1, -0.05) is 34.6 Å². The third-order valence-corrected chi connectivity index (χ3v) is 4.46. The smallest absolute Gasteiger partial charge is 0.338 e. The van der Waals surface area contributed by atoms with Gasteiger partial charge < -0.3 is 19.9 Å². The number of rotatable bonds is 6. The molecule has 1 aliphatic heterocycles. The van der Waals surface area contributed by atoms with Gasteiger partial charge in [-0.3, -0.25) is 0 Å². The van der Waals surface area contributed by atoms with E-state index in [1.54, 1.807) is 31.2 Å². The fraction of sp³-hybridized carbons (Fsp3) is 0.250. The molecule has 0 saturated carbocycles. The van der Waals surface area contributed by atoms with Gasteiger partial charge >= 0.3 is 11.9 Å². The normalized spacial score (nSPS) is 16.1. The highest BCUT2D eigenvalue weighted by Crippen LogP contribution is 2.39. The number of ether oxygens (including phenoxy) is 3. The minimum atomic E-state index is -0.725. The summed E-state index contributed by atoms with van der Waals surface area (Å²) < 4.78 is 16.4. The number of nitriles is 1. The molecule has 1 heterocycles. The molecule has 1 atom stereocenters. The van der Waals surface area contributed by atoms with E-state index in [1.807, 2.05) is 6.07 Å². The number of halogens is 1. The monoisotopic (exact) mass is 446 g/mol. The summed E-state index contributed by atoms with van der Waals surface area (Å²) >= 11 is 3.36. The Morgan fingerprint density at radius 3 is 2.46 bits per heavy atom. The van der Waals surface area contributed by atoms with Gasteiger partial charge in [0.1, 0.15) is 30.6 Å². The summed E-state index contributed by atoms with van der Waals surface area (Å²) in [5, 5.41) is 9.54. The lowest BCUT2D eigenvalue weighted by atomic mass is 9.83. The minimum absolute atomic E-state index is 0.0557. The number of hydrogen-bond donors (Lipinski definition) is 1. The Kier molecular flexibility index (Phi) is 7.01. The zero-order chi connectivity index (χ0) is 20.8. The van der Waals surface area contributed by atoms with Crippen molar-refractivity contribution in [2.45, 2.75) is 19.8 Å². The zero-order valence-electron chi connectivity index (χ0n) is 15.5. The first-order valence-corrected chi connectivity index (χ1v) is 9.09. The van der Waals surface area contributed by atoms with Gasteiger partial charge in [0.05, 0.1) is 11.5 Å². The third kappa shape index (κ3) is 4.81. The van der Waals surface area contributed by atoms with E-state index >= 15 is 0 Å². The lowest BCUT2D eigenvalue weighted by Crippen LogP contribution is -2.26. The van der Waals surface area contributed by atoms with Crippen LogP contribution in [0.25, 0.3) is 0 Å². The van der Waals surface area contributed by atoms with Gasteiger partial charge in [0.2, 0.25) is 5.88 Å². The van der Waals surface area contributed by atoms with Crippen LogP contribution in [0.15, 0.2) is 63.7 Å². The zero-order valence-corrected chi connectivity index (χ0v) is 17.0. The second kappa shape index (κ2) is 9.24. The molecule has 146 valence electrons. The lowest BCUT2D eigenvalue weighted by molar-refractivity contribution is -0.147. The Hall–Kier alpha value is -3.05. The van der Waals surface area contributed by atoms with Crippen LogP contribution in [0.3, 0.4) is 0 Å². The highest BCUT2D eigenvalue weighted by Gasteiger charge is 2.36. The average Bonchev–Trinajstić information content (AvgIpc) is 2.64. The van der Waals surface area contributed by atoms with Gasteiger partial charge in [-0.15, -0.1) is 0 Å². The molecule has 2 rings (SSSR count). The van der Waals surface area contributed by atoms with Crippen LogP contribution in [-0.2, 0) is 23.8 Å². The first-order valence-electron chi connectivity index (χ1n) is 8.29. The summed E-state index contributed by atoms with van der Waals surface area (Å²) in [6.45, 7) is 6.30. The summed E-state index contributed by atoms with van der Waals surface area (Å²) in [4.78, 5) is 24.1. The van der Waals surface area contributed by atoms with E-state index < -0.39 is 17.9 Å². The van der Waals surface area contributed by atoms with Crippen LogP contribution in [0.1, 0.15) is 25.3 Å². The second-order valence-corrected chi connectivity index (χ2v) is 6.91. The predicted molar refractivity (Wildman–Crippen MR) is 104 cm³/mol. The molecule has 0 amide bonds. The van der Waals surface area contributed by atoms with Crippen LogP contribution >= 0.6 is 15.9 Å². The lowest BCUT2D eigenvalue weighted by Gasteiger charge is -2.27. The van der Waals surface area contributed by atoms with Crippen molar-refractivity contribution in [3.05, 3.63) is 69.2 Å². The number of allylic oxidation sites excluding steroid dienone is 2. The Morgan fingerprint density at radius 2 is 1.89 bits per heavy atom. The summed E-state index contributed by atoms with van der Waals surface area (Å²) in [6.07, 6.45) is 0. The summed E-state index contributed by atoms with van der Waals surface area (Å²) in [6, 6.07) is 9.16. The van der Waals surface area contributed by atoms with Gasteiger partial charge in [0, 0.05) is 10.0 Å². The fourth-order valence-electron chi connectivity index (χ4n) is 2.60. The van der Waals surface area contributed by atoms with Crippen molar-refractivity contribution in [3.63, 3.8) is 0 Å². The summed E-state index contributed by atoms with van der Waals surface area (Å²) in [7, 11) is 0. The van der Waals surface area contributed by atoms with E-state index in [2.05, 4.69) is 22.5 Å². The molecule has 0 bridgehead atoms. The molecule has 8 heteroatoms. The molecule has 1 aliphatic rings. The molecule has 7 nitrogen and oxygen atoms in total. The molecule has 0 aromatic heterocycles. The molecule has 28 heavy (non-hydrogen) atoms. The molecule has 1 aromatic rings.